The molecule has 0 aliphatic carbocycles. The molecule has 0 aliphatic heterocycles. The molecular weight excluding hydrogens is 340 g/mol. The topological polar surface area (TPSA) is 65.7 Å². The van der Waals surface area contributed by atoms with Crippen molar-refractivity contribution >= 4 is 28.1 Å². The van der Waals surface area contributed by atoms with Gasteiger partial charge < -0.3 is 14.4 Å². The summed E-state index contributed by atoms with van der Waals surface area (Å²) in [5.41, 5.74) is 0. The fourth-order valence-corrected chi connectivity index (χ4v) is 3.93. The van der Waals surface area contributed by atoms with E-state index >= 15 is 0 Å². The Morgan fingerprint density at radius 3 is 2.42 bits per heavy atom. The number of hydrogen-bond donors (Lipinski definition) is 0. The monoisotopic (exact) mass is 366 g/mol. The third kappa shape index (κ3) is 7.14. The summed E-state index contributed by atoms with van der Waals surface area (Å²) in [5.74, 6) is 0.521. The van der Waals surface area contributed by atoms with Gasteiger partial charge in [-0.25, -0.2) is 0 Å². The molecule has 0 amide bonds. The number of amidine groups is 1. The second-order valence-electron chi connectivity index (χ2n) is 5.08. The van der Waals surface area contributed by atoms with E-state index in [4.69, 9.17) is 5.26 Å². The predicted octanol–water partition coefficient (Wildman–Crippen LogP) is 2.64. The number of hydrogen-bond acceptors (Lipinski definition) is 5. The van der Waals surface area contributed by atoms with Gasteiger partial charge in [-0.15, -0.1) is 4.99 Å². The van der Waals surface area contributed by atoms with Crippen LogP contribution in [0, 0.1) is 11.5 Å². The summed E-state index contributed by atoms with van der Waals surface area (Å²) < 4.78 is 12.4. The summed E-state index contributed by atoms with van der Waals surface area (Å²) in [6.45, 7) is 8.54. The van der Waals surface area contributed by atoms with Crippen LogP contribution >= 0.6 is 11.8 Å². The lowest BCUT2D eigenvalue weighted by Gasteiger charge is -2.27. The summed E-state index contributed by atoms with van der Waals surface area (Å²) in [6, 6.07) is 9.48. The Bertz CT molecular complexity index is 529. The van der Waals surface area contributed by atoms with Crippen molar-refractivity contribution < 1.29 is 4.55 Å². The molecule has 5 nitrogen and oxygen atoms in total. The molecule has 0 spiro atoms. The van der Waals surface area contributed by atoms with Crippen molar-refractivity contribution in [2.45, 2.75) is 18.7 Å². The van der Waals surface area contributed by atoms with Crippen LogP contribution in [0.15, 0.2) is 40.2 Å². The molecule has 0 aliphatic rings. The molecule has 24 heavy (non-hydrogen) atoms. The number of thioether (sulfide) groups is 1. The van der Waals surface area contributed by atoms with Crippen LogP contribution in [-0.2, 0) is 11.2 Å². The summed E-state index contributed by atoms with van der Waals surface area (Å²) in [6.07, 6.45) is 3.78. The summed E-state index contributed by atoms with van der Waals surface area (Å²) >= 11 is 0.406. The first-order valence-corrected chi connectivity index (χ1v) is 10.6. The van der Waals surface area contributed by atoms with Gasteiger partial charge in [0.2, 0.25) is 6.19 Å². The highest BCUT2D eigenvalue weighted by atomic mass is 32.2. The van der Waals surface area contributed by atoms with Crippen molar-refractivity contribution in [2.75, 3.05) is 44.7 Å². The SMILES string of the molecule is CCN(CC)CCN(CC[S+]([O-])c1ccccc1)/C(=N/C#N)SC. The molecule has 0 fully saturated rings. The summed E-state index contributed by atoms with van der Waals surface area (Å²) in [4.78, 5) is 9.14. The van der Waals surface area contributed by atoms with Gasteiger partial charge >= 0.3 is 0 Å². The third-order valence-corrected chi connectivity index (χ3v) is 5.80. The minimum atomic E-state index is -1.05. The Morgan fingerprint density at radius 2 is 1.88 bits per heavy atom. The predicted molar refractivity (Wildman–Crippen MR) is 104 cm³/mol. The second-order valence-corrected chi connectivity index (χ2v) is 7.42. The first-order chi connectivity index (χ1) is 11.7. The Hall–Kier alpha value is -1.20. The number of rotatable bonds is 9. The van der Waals surface area contributed by atoms with Gasteiger partial charge in [0.15, 0.2) is 10.1 Å². The molecule has 0 heterocycles. The lowest BCUT2D eigenvalue weighted by atomic mass is 10.4. The smallest absolute Gasteiger partial charge is 0.208 e. The highest BCUT2D eigenvalue weighted by molar-refractivity contribution is 8.13. The Kier molecular flexibility index (Phi) is 10.6. The number of benzene rings is 1. The molecule has 0 radical (unpaired) electrons. The van der Waals surface area contributed by atoms with Crippen LogP contribution in [0.25, 0.3) is 0 Å². The van der Waals surface area contributed by atoms with E-state index in [2.05, 4.69) is 28.6 Å². The highest BCUT2D eigenvalue weighted by Crippen LogP contribution is 2.12. The average Bonchev–Trinajstić information content (AvgIpc) is 2.63. The quantitative estimate of drug-likeness (QED) is 0.291. The van der Waals surface area contributed by atoms with Gasteiger partial charge in [0.25, 0.3) is 0 Å². The molecule has 1 aromatic rings. The van der Waals surface area contributed by atoms with E-state index in [1.54, 1.807) is 0 Å². The Morgan fingerprint density at radius 1 is 1.21 bits per heavy atom. The van der Waals surface area contributed by atoms with E-state index in [-0.39, 0.29) is 0 Å². The van der Waals surface area contributed by atoms with Crippen molar-refractivity contribution in [3.05, 3.63) is 30.3 Å². The lowest BCUT2D eigenvalue weighted by molar-refractivity contribution is 0.272. The average molecular weight is 367 g/mol. The van der Waals surface area contributed by atoms with E-state index in [9.17, 15) is 4.55 Å². The van der Waals surface area contributed by atoms with E-state index in [1.807, 2.05) is 42.8 Å². The van der Waals surface area contributed by atoms with Crippen molar-refractivity contribution in [3.8, 4) is 6.19 Å². The van der Waals surface area contributed by atoms with Crippen LogP contribution in [0.4, 0.5) is 0 Å². The van der Waals surface area contributed by atoms with Gasteiger partial charge in [-0.3, -0.25) is 0 Å². The van der Waals surface area contributed by atoms with Crippen molar-refractivity contribution in [1.29, 1.82) is 5.26 Å². The molecule has 0 saturated carbocycles. The number of likely N-dealkylation sites (N-methyl/N-ethyl adjacent to an activating group) is 1. The first-order valence-electron chi connectivity index (χ1n) is 8.07. The van der Waals surface area contributed by atoms with Gasteiger partial charge in [0.1, 0.15) is 5.75 Å². The maximum atomic E-state index is 12.4. The Labute approximate surface area is 152 Å². The van der Waals surface area contributed by atoms with Crippen molar-refractivity contribution in [3.63, 3.8) is 0 Å². The molecule has 1 aromatic carbocycles. The summed E-state index contributed by atoms with van der Waals surface area (Å²) in [7, 11) is 0. The van der Waals surface area contributed by atoms with Crippen LogP contribution in [-0.4, -0.2) is 64.3 Å². The Balaban J connectivity index is 2.70. The normalized spacial score (nSPS) is 12.9. The summed E-state index contributed by atoms with van der Waals surface area (Å²) in [5, 5.41) is 9.58. The van der Waals surface area contributed by atoms with E-state index in [0.717, 1.165) is 31.1 Å². The number of nitriles is 1. The van der Waals surface area contributed by atoms with E-state index in [0.29, 0.717) is 17.5 Å². The molecule has 1 unspecified atom stereocenters. The van der Waals surface area contributed by atoms with E-state index in [1.165, 1.54) is 11.8 Å². The standard InChI is InChI=1S/C17H26N4OS2/c1-4-20(5-2)11-12-21(17(23-3)19-15-18)13-14-24(22)16-9-7-6-8-10-16/h6-10H,4-5,11-14H2,1-3H3/b19-17-. The molecule has 0 saturated heterocycles. The molecule has 0 N–H and O–H groups in total. The minimum absolute atomic E-state index is 0.521. The molecule has 7 heteroatoms. The molecule has 132 valence electrons. The van der Waals surface area contributed by atoms with Gasteiger partial charge in [-0.1, -0.05) is 43.8 Å². The zero-order chi connectivity index (χ0) is 17.8. The maximum Gasteiger partial charge on any atom is 0.208 e. The van der Waals surface area contributed by atoms with Crippen LogP contribution in [0.1, 0.15) is 13.8 Å². The maximum absolute atomic E-state index is 12.4. The van der Waals surface area contributed by atoms with Crippen LogP contribution in [0.3, 0.4) is 0 Å². The van der Waals surface area contributed by atoms with Gasteiger partial charge in [-0.05, 0) is 42.7 Å². The fraction of sp³-hybridized carbons (Fsp3) is 0.529. The number of aliphatic imine (C=N–C) groups is 1. The van der Waals surface area contributed by atoms with Gasteiger partial charge in [-0.2, -0.15) is 5.26 Å². The zero-order valence-electron chi connectivity index (χ0n) is 14.6. The third-order valence-electron chi connectivity index (χ3n) is 3.73. The van der Waals surface area contributed by atoms with Crippen molar-refractivity contribution in [1.82, 2.24) is 9.80 Å². The minimum Gasteiger partial charge on any atom is -0.611 e. The molecule has 1 rings (SSSR count). The second kappa shape index (κ2) is 12.2. The number of nitrogens with zero attached hydrogens (tertiary/aromatic N) is 4. The van der Waals surface area contributed by atoms with Gasteiger partial charge in [0, 0.05) is 13.1 Å². The first kappa shape index (κ1) is 20.8. The molecule has 0 aromatic heterocycles. The van der Waals surface area contributed by atoms with Crippen molar-refractivity contribution in [2.24, 2.45) is 4.99 Å². The van der Waals surface area contributed by atoms with Crippen LogP contribution in [0.5, 0.6) is 0 Å². The zero-order valence-corrected chi connectivity index (χ0v) is 16.3. The van der Waals surface area contributed by atoms with Crippen LogP contribution in [0.2, 0.25) is 0 Å². The lowest BCUT2D eigenvalue weighted by Crippen LogP contribution is -2.40. The van der Waals surface area contributed by atoms with Gasteiger partial charge in [0.05, 0.1) is 6.54 Å². The molecular formula is C17H26N4OS2. The molecule has 0 bridgehead atoms. The largest absolute Gasteiger partial charge is 0.611 e. The highest BCUT2D eigenvalue weighted by Gasteiger charge is 2.17. The fourth-order valence-electron chi connectivity index (χ4n) is 2.28. The van der Waals surface area contributed by atoms with E-state index < -0.39 is 11.2 Å². The van der Waals surface area contributed by atoms with Crippen LogP contribution < -0.4 is 0 Å². The molecule has 1 atom stereocenters.